The Kier molecular flexibility index (Phi) is 4.77. The lowest BCUT2D eigenvalue weighted by Crippen LogP contribution is -2.56. The van der Waals surface area contributed by atoms with E-state index < -0.39 is 0 Å². The molecule has 10 aromatic rings. The zero-order valence-corrected chi connectivity index (χ0v) is 26.3. The summed E-state index contributed by atoms with van der Waals surface area (Å²) in [5.41, 5.74) is 15.1. The van der Waals surface area contributed by atoms with Gasteiger partial charge in [0.15, 0.2) is 0 Å². The molecule has 0 spiro atoms. The summed E-state index contributed by atoms with van der Waals surface area (Å²) in [6.45, 7) is -0.143. The topological polar surface area (TPSA) is 26.2 Å². The minimum atomic E-state index is -0.143. The van der Waals surface area contributed by atoms with Crippen LogP contribution in [0, 0.1) is 0 Å². The lowest BCUT2D eigenvalue weighted by atomic mass is 9.47. The van der Waals surface area contributed by atoms with E-state index in [1.54, 1.807) is 0 Å². The molecule has 0 saturated heterocycles. The van der Waals surface area contributed by atoms with E-state index in [4.69, 9.17) is 4.42 Å². The van der Waals surface area contributed by atoms with Crippen molar-refractivity contribution in [2.75, 3.05) is 4.90 Å². The first kappa shape index (κ1) is 25.6. The van der Waals surface area contributed by atoms with Gasteiger partial charge in [-0.25, -0.2) is 0 Å². The van der Waals surface area contributed by atoms with E-state index in [-0.39, 0.29) is 6.85 Å². The van der Waals surface area contributed by atoms with Crippen molar-refractivity contribution in [2.24, 2.45) is 0 Å². The number of furan rings is 1. The minimum absolute atomic E-state index is 0.143. The van der Waals surface area contributed by atoms with Gasteiger partial charge in [-0.05, 0) is 71.7 Å². The third kappa shape index (κ3) is 3.11. The van der Waals surface area contributed by atoms with Gasteiger partial charge < -0.3 is 18.4 Å². The van der Waals surface area contributed by atoms with Crippen LogP contribution in [0.25, 0.3) is 71.4 Å². The molecule has 4 nitrogen and oxygen atoms in total. The second-order valence-electron chi connectivity index (χ2n) is 13.2. The highest BCUT2D eigenvalue weighted by molar-refractivity contribution is 6.89. The van der Waals surface area contributed by atoms with Gasteiger partial charge in [0.25, 0.3) is 0 Å². The fraction of sp³-hybridized carbons (Fsp3) is 0. The van der Waals surface area contributed by atoms with Gasteiger partial charge in [0, 0.05) is 60.6 Å². The van der Waals surface area contributed by atoms with Crippen LogP contribution in [0.3, 0.4) is 0 Å². The average Bonchev–Trinajstić information content (AvgIpc) is 3.82. The van der Waals surface area contributed by atoms with E-state index in [0.29, 0.717) is 0 Å². The van der Waals surface area contributed by atoms with Gasteiger partial charge in [-0.1, -0.05) is 97.1 Å². The summed E-state index contributed by atoms with van der Waals surface area (Å²) >= 11 is 0. The molecule has 5 heterocycles. The second kappa shape index (κ2) is 9.12. The van der Waals surface area contributed by atoms with Gasteiger partial charge in [-0.15, -0.1) is 0 Å². The fourth-order valence-corrected chi connectivity index (χ4v) is 9.04. The van der Waals surface area contributed by atoms with Crippen molar-refractivity contribution in [1.29, 1.82) is 0 Å². The first-order valence-corrected chi connectivity index (χ1v) is 16.9. The monoisotopic (exact) mass is 623 g/mol. The van der Waals surface area contributed by atoms with Gasteiger partial charge >= 0.3 is 6.85 Å². The molecule has 49 heavy (non-hydrogen) atoms. The van der Waals surface area contributed by atoms with Crippen molar-refractivity contribution < 1.29 is 4.42 Å². The first-order chi connectivity index (χ1) is 24.4. The second-order valence-corrected chi connectivity index (χ2v) is 13.2. The number of hydrogen-bond acceptors (Lipinski definition) is 2. The molecule has 0 unspecified atom stereocenters. The number of anilines is 3. The Morgan fingerprint density at radius 1 is 0.490 bits per heavy atom. The van der Waals surface area contributed by atoms with Gasteiger partial charge in [0.1, 0.15) is 11.2 Å². The van der Waals surface area contributed by atoms with Crippen LogP contribution >= 0.6 is 0 Å². The van der Waals surface area contributed by atoms with E-state index >= 15 is 0 Å². The smallest absolute Gasteiger partial charge is 0.375 e. The zero-order chi connectivity index (χ0) is 31.8. The molecule has 226 valence electrons. The van der Waals surface area contributed by atoms with Crippen molar-refractivity contribution in [3.63, 3.8) is 0 Å². The number of rotatable bonds is 2. The highest BCUT2D eigenvalue weighted by Crippen LogP contribution is 2.50. The maximum Gasteiger partial charge on any atom is 0.375 e. The van der Waals surface area contributed by atoms with Crippen molar-refractivity contribution in [1.82, 2.24) is 9.05 Å². The summed E-state index contributed by atoms with van der Waals surface area (Å²) in [4.78, 5) is 2.43. The zero-order valence-electron chi connectivity index (χ0n) is 26.3. The Bertz CT molecular complexity index is 3010. The molecule has 12 rings (SSSR count). The largest absolute Gasteiger partial charge is 0.466 e. The van der Waals surface area contributed by atoms with E-state index in [2.05, 4.69) is 172 Å². The SMILES string of the molecule is c1ccc(N2c3cccc4c3B(c3oc5ccccc5c32)n2c3ccccc3c3cc5c6ccccc6n(-c6ccccc6)c5c-4c32)cc1. The summed E-state index contributed by atoms with van der Waals surface area (Å²) in [5, 5.41) is 6.17. The fourth-order valence-electron chi connectivity index (χ4n) is 9.04. The average molecular weight is 624 g/mol. The maximum absolute atomic E-state index is 7.02. The van der Waals surface area contributed by atoms with Crippen molar-refractivity contribution in [3.05, 3.63) is 158 Å². The highest BCUT2D eigenvalue weighted by Gasteiger charge is 2.46. The number of hydrogen-bond donors (Lipinski definition) is 0. The Hall–Kier alpha value is -6.46. The third-order valence-corrected chi connectivity index (χ3v) is 10.8. The van der Waals surface area contributed by atoms with Gasteiger partial charge in [-0.2, -0.15) is 0 Å². The Morgan fingerprint density at radius 2 is 1.12 bits per heavy atom. The van der Waals surface area contributed by atoms with Gasteiger partial charge in [0.2, 0.25) is 0 Å². The molecule has 5 heteroatoms. The maximum atomic E-state index is 7.02. The summed E-state index contributed by atoms with van der Waals surface area (Å²) in [6.07, 6.45) is 0. The molecule has 0 fully saturated rings. The summed E-state index contributed by atoms with van der Waals surface area (Å²) < 4.78 is 12.1. The number of benzene rings is 7. The molecule has 0 atom stereocenters. The van der Waals surface area contributed by atoms with Gasteiger partial charge in [0.05, 0.1) is 16.7 Å². The van der Waals surface area contributed by atoms with Gasteiger partial charge in [-0.3, -0.25) is 0 Å². The Labute approximate surface area is 281 Å². The molecular weight excluding hydrogens is 597 g/mol. The predicted molar refractivity (Wildman–Crippen MR) is 204 cm³/mol. The molecular formula is C44H26BN3O. The van der Waals surface area contributed by atoms with Crippen LogP contribution in [0.4, 0.5) is 17.1 Å². The van der Waals surface area contributed by atoms with Crippen LogP contribution in [0.15, 0.2) is 162 Å². The van der Waals surface area contributed by atoms with E-state index in [9.17, 15) is 0 Å². The van der Waals surface area contributed by atoms with Crippen molar-refractivity contribution in [2.45, 2.75) is 0 Å². The normalized spacial score (nSPS) is 13.2. The highest BCUT2D eigenvalue weighted by atomic mass is 16.3. The molecule has 0 aliphatic carbocycles. The Morgan fingerprint density at radius 3 is 1.92 bits per heavy atom. The van der Waals surface area contributed by atoms with Crippen molar-refractivity contribution >= 4 is 89.6 Å². The molecule has 0 saturated carbocycles. The Balaban J connectivity index is 1.34. The number of nitrogens with zero attached hydrogens (tertiary/aromatic N) is 3. The first-order valence-electron chi connectivity index (χ1n) is 16.9. The number of aromatic nitrogens is 2. The van der Waals surface area contributed by atoms with Crippen LogP contribution in [-0.4, -0.2) is 15.9 Å². The van der Waals surface area contributed by atoms with E-state index in [1.807, 2.05) is 0 Å². The molecule has 2 aliphatic rings. The number of para-hydroxylation sites is 5. The molecule has 0 N–H and O–H groups in total. The van der Waals surface area contributed by atoms with E-state index in [0.717, 1.165) is 33.7 Å². The van der Waals surface area contributed by atoms with E-state index in [1.165, 1.54) is 65.9 Å². The summed E-state index contributed by atoms with van der Waals surface area (Å²) in [6, 6.07) is 57.1. The van der Waals surface area contributed by atoms with Crippen LogP contribution in [-0.2, 0) is 0 Å². The minimum Gasteiger partial charge on any atom is -0.466 e. The van der Waals surface area contributed by atoms with Crippen LogP contribution in [0.2, 0.25) is 0 Å². The summed E-state index contributed by atoms with van der Waals surface area (Å²) in [7, 11) is 0. The van der Waals surface area contributed by atoms with Crippen LogP contribution in [0.5, 0.6) is 0 Å². The lowest BCUT2D eigenvalue weighted by molar-refractivity contribution is 0.649. The molecule has 0 amide bonds. The van der Waals surface area contributed by atoms with Crippen molar-refractivity contribution in [3.8, 4) is 16.8 Å². The van der Waals surface area contributed by atoms with Crippen LogP contribution < -0.4 is 16.0 Å². The third-order valence-electron chi connectivity index (χ3n) is 10.8. The number of fused-ring (bicyclic) bond motifs is 13. The lowest BCUT2D eigenvalue weighted by Gasteiger charge is -2.38. The predicted octanol–water partition coefficient (Wildman–Crippen LogP) is 10.1. The summed E-state index contributed by atoms with van der Waals surface area (Å²) in [5.74, 6) is 0. The molecule has 7 aromatic carbocycles. The standard InChI is InChI=1S/C44H26BN3O/c1-3-14-27(15-4-1)46-35-22-10-7-18-29(35)33-26-34-30-19-8-11-23-36(30)48-42(34)39(41(33)46)32-21-13-24-37-40(32)45(48)44-43(31-20-9-12-25-38(31)49-44)47(37)28-16-5-2-6-17-28/h1-26H. The molecule has 0 bridgehead atoms. The quantitative estimate of drug-likeness (QED) is 0.179. The molecule has 2 aliphatic heterocycles. The molecule has 3 aromatic heterocycles. The molecule has 0 radical (unpaired) electrons. The van der Waals surface area contributed by atoms with Crippen LogP contribution in [0.1, 0.15) is 0 Å².